The van der Waals surface area contributed by atoms with Crippen molar-refractivity contribution in [1.82, 2.24) is 0 Å². The van der Waals surface area contributed by atoms with Gasteiger partial charge < -0.3 is 14.9 Å². The minimum Gasteiger partial charge on any atom is -0.504 e. The molecule has 1 rings (SSSR count). The number of esters is 1. The number of ether oxygens (including phenoxy) is 1. The molecule has 4 nitrogen and oxygen atoms in total. The van der Waals surface area contributed by atoms with Gasteiger partial charge in [0.05, 0.1) is 5.56 Å². The SMILES string of the molecule is CCCCCC/C=C/COC(=O)c1ccc(O)c(O)c1. The van der Waals surface area contributed by atoms with E-state index in [0.717, 1.165) is 12.8 Å². The molecule has 0 unspecified atom stereocenters. The predicted octanol–water partition coefficient (Wildman–Crippen LogP) is 3.78. The van der Waals surface area contributed by atoms with E-state index in [9.17, 15) is 9.90 Å². The Kier molecular flexibility index (Phi) is 7.25. The van der Waals surface area contributed by atoms with E-state index in [-0.39, 0.29) is 23.7 Å². The lowest BCUT2D eigenvalue weighted by molar-refractivity contribution is 0.0549. The lowest BCUT2D eigenvalue weighted by atomic mass is 10.1. The molecule has 1 aromatic rings. The van der Waals surface area contributed by atoms with Gasteiger partial charge in [-0.2, -0.15) is 0 Å². The number of benzene rings is 1. The summed E-state index contributed by atoms with van der Waals surface area (Å²) in [6, 6.07) is 3.85. The van der Waals surface area contributed by atoms with Crippen molar-refractivity contribution in [3.63, 3.8) is 0 Å². The van der Waals surface area contributed by atoms with Crippen molar-refractivity contribution in [3.8, 4) is 11.5 Å². The van der Waals surface area contributed by atoms with Gasteiger partial charge >= 0.3 is 5.97 Å². The molecular weight excluding hydrogens is 256 g/mol. The summed E-state index contributed by atoms with van der Waals surface area (Å²) in [6.45, 7) is 2.39. The topological polar surface area (TPSA) is 66.8 Å². The quantitative estimate of drug-likeness (QED) is 0.329. The minimum absolute atomic E-state index is 0.217. The Bertz CT molecular complexity index is 452. The lowest BCUT2D eigenvalue weighted by Gasteiger charge is -2.03. The van der Waals surface area contributed by atoms with E-state index in [1.165, 1.54) is 37.5 Å². The van der Waals surface area contributed by atoms with Gasteiger partial charge in [-0.1, -0.05) is 38.3 Å². The van der Waals surface area contributed by atoms with Crippen LogP contribution in [0.15, 0.2) is 30.4 Å². The van der Waals surface area contributed by atoms with E-state index < -0.39 is 5.97 Å². The van der Waals surface area contributed by atoms with E-state index in [2.05, 4.69) is 6.92 Å². The summed E-state index contributed by atoms with van der Waals surface area (Å²) in [5, 5.41) is 18.4. The smallest absolute Gasteiger partial charge is 0.338 e. The zero-order valence-electron chi connectivity index (χ0n) is 11.8. The van der Waals surface area contributed by atoms with Crippen LogP contribution >= 0.6 is 0 Å². The van der Waals surface area contributed by atoms with Crippen molar-refractivity contribution >= 4 is 5.97 Å². The van der Waals surface area contributed by atoms with Gasteiger partial charge in [0.25, 0.3) is 0 Å². The van der Waals surface area contributed by atoms with Crippen molar-refractivity contribution in [3.05, 3.63) is 35.9 Å². The van der Waals surface area contributed by atoms with E-state index in [1.54, 1.807) is 0 Å². The molecule has 0 aliphatic carbocycles. The molecule has 0 aliphatic heterocycles. The van der Waals surface area contributed by atoms with Crippen LogP contribution in [-0.2, 0) is 4.74 Å². The highest BCUT2D eigenvalue weighted by atomic mass is 16.5. The fraction of sp³-hybridized carbons (Fsp3) is 0.438. The van der Waals surface area contributed by atoms with Crippen LogP contribution < -0.4 is 0 Å². The summed E-state index contributed by atoms with van der Waals surface area (Å²) in [5.41, 5.74) is 0.219. The van der Waals surface area contributed by atoms with Crippen LogP contribution in [0.5, 0.6) is 11.5 Å². The number of phenolic OH excluding ortho intramolecular Hbond substituents is 2. The van der Waals surface area contributed by atoms with Gasteiger partial charge in [0.2, 0.25) is 0 Å². The van der Waals surface area contributed by atoms with Crippen LogP contribution in [0, 0.1) is 0 Å². The first-order valence-corrected chi connectivity index (χ1v) is 6.99. The third-order valence-corrected chi connectivity index (χ3v) is 2.91. The van der Waals surface area contributed by atoms with Crippen LogP contribution in [0.2, 0.25) is 0 Å². The fourth-order valence-corrected chi connectivity index (χ4v) is 1.73. The molecule has 0 fully saturated rings. The van der Waals surface area contributed by atoms with Crippen LogP contribution in [0.1, 0.15) is 49.4 Å². The highest BCUT2D eigenvalue weighted by Crippen LogP contribution is 2.25. The number of hydrogen-bond acceptors (Lipinski definition) is 4. The molecule has 0 saturated carbocycles. The second kappa shape index (κ2) is 9.02. The van der Waals surface area contributed by atoms with Gasteiger partial charge in [0.1, 0.15) is 6.61 Å². The molecule has 0 saturated heterocycles. The number of carbonyl (C=O) groups is 1. The second-order valence-corrected chi connectivity index (χ2v) is 4.62. The third kappa shape index (κ3) is 5.78. The average molecular weight is 278 g/mol. The Morgan fingerprint density at radius 3 is 2.65 bits per heavy atom. The Hall–Kier alpha value is -1.97. The monoisotopic (exact) mass is 278 g/mol. The standard InChI is InChI=1S/C16H22O4/c1-2-3-4-5-6-7-8-11-20-16(19)13-9-10-14(17)15(18)12-13/h7-10,12,17-18H,2-6,11H2,1H3/b8-7+. The van der Waals surface area contributed by atoms with Crippen LogP contribution in [0.25, 0.3) is 0 Å². The zero-order valence-corrected chi connectivity index (χ0v) is 11.8. The molecule has 20 heavy (non-hydrogen) atoms. The molecule has 0 heterocycles. The summed E-state index contributed by atoms with van der Waals surface area (Å²) >= 11 is 0. The Morgan fingerprint density at radius 1 is 1.15 bits per heavy atom. The number of allylic oxidation sites excluding steroid dienone is 1. The Balaban J connectivity index is 2.26. The predicted molar refractivity (Wildman–Crippen MR) is 78.0 cm³/mol. The van der Waals surface area contributed by atoms with Gasteiger partial charge in [-0.3, -0.25) is 0 Å². The van der Waals surface area contributed by atoms with Crippen molar-refractivity contribution < 1.29 is 19.7 Å². The molecular formula is C16H22O4. The molecule has 0 aliphatic rings. The van der Waals surface area contributed by atoms with Crippen LogP contribution in [0.3, 0.4) is 0 Å². The van der Waals surface area contributed by atoms with E-state index in [0.29, 0.717) is 0 Å². The van der Waals surface area contributed by atoms with Crippen molar-refractivity contribution in [2.75, 3.05) is 6.61 Å². The van der Waals surface area contributed by atoms with Crippen LogP contribution in [-0.4, -0.2) is 22.8 Å². The summed E-state index contributed by atoms with van der Waals surface area (Å²) < 4.78 is 5.03. The number of unbranched alkanes of at least 4 members (excludes halogenated alkanes) is 4. The molecule has 0 amide bonds. The minimum atomic E-state index is -0.518. The maximum atomic E-state index is 11.6. The molecule has 4 heteroatoms. The first-order valence-electron chi connectivity index (χ1n) is 6.99. The fourth-order valence-electron chi connectivity index (χ4n) is 1.73. The summed E-state index contributed by atoms with van der Waals surface area (Å²) in [5.74, 6) is -1.10. The Labute approximate surface area is 119 Å². The van der Waals surface area contributed by atoms with Gasteiger partial charge in [0.15, 0.2) is 11.5 Å². The van der Waals surface area contributed by atoms with Crippen LogP contribution in [0.4, 0.5) is 0 Å². The maximum Gasteiger partial charge on any atom is 0.338 e. The zero-order chi connectivity index (χ0) is 14.8. The second-order valence-electron chi connectivity index (χ2n) is 4.62. The van der Waals surface area contributed by atoms with Gasteiger partial charge in [0, 0.05) is 0 Å². The number of aromatic hydroxyl groups is 2. The highest BCUT2D eigenvalue weighted by Gasteiger charge is 2.09. The van der Waals surface area contributed by atoms with Gasteiger partial charge in [-0.05, 0) is 31.0 Å². The van der Waals surface area contributed by atoms with Crippen molar-refractivity contribution in [1.29, 1.82) is 0 Å². The molecule has 2 N–H and O–H groups in total. The molecule has 1 aromatic carbocycles. The maximum absolute atomic E-state index is 11.6. The molecule has 0 aromatic heterocycles. The molecule has 0 bridgehead atoms. The third-order valence-electron chi connectivity index (χ3n) is 2.91. The summed E-state index contributed by atoms with van der Waals surface area (Å²) in [7, 11) is 0. The molecule has 0 radical (unpaired) electrons. The Morgan fingerprint density at radius 2 is 1.95 bits per heavy atom. The summed E-state index contributed by atoms with van der Waals surface area (Å²) in [4.78, 5) is 11.6. The van der Waals surface area contributed by atoms with E-state index >= 15 is 0 Å². The largest absolute Gasteiger partial charge is 0.504 e. The number of rotatable bonds is 8. The van der Waals surface area contributed by atoms with Crippen molar-refractivity contribution in [2.45, 2.75) is 39.0 Å². The van der Waals surface area contributed by atoms with Gasteiger partial charge in [-0.25, -0.2) is 4.79 Å². The van der Waals surface area contributed by atoms with Crippen molar-refractivity contribution in [2.24, 2.45) is 0 Å². The first-order chi connectivity index (χ1) is 9.65. The normalized spacial score (nSPS) is 10.8. The summed E-state index contributed by atoms with van der Waals surface area (Å²) in [6.07, 6.45) is 9.70. The van der Waals surface area contributed by atoms with Gasteiger partial charge in [-0.15, -0.1) is 0 Å². The number of hydrogen-bond donors (Lipinski definition) is 2. The highest BCUT2D eigenvalue weighted by molar-refractivity contribution is 5.90. The average Bonchev–Trinajstić information content (AvgIpc) is 2.44. The van der Waals surface area contributed by atoms with E-state index in [1.807, 2.05) is 12.2 Å². The number of phenols is 2. The lowest BCUT2D eigenvalue weighted by Crippen LogP contribution is -2.04. The van der Waals surface area contributed by atoms with E-state index in [4.69, 9.17) is 9.84 Å². The molecule has 110 valence electrons. The molecule has 0 spiro atoms. The first kappa shape index (κ1) is 16.1. The molecule has 0 atom stereocenters. The number of carbonyl (C=O) groups excluding carboxylic acids is 1.